The lowest BCUT2D eigenvalue weighted by atomic mass is 10.1. The molecule has 9 heteroatoms. The molecule has 0 unspecified atom stereocenters. The van der Waals surface area contributed by atoms with E-state index in [0.29, 0.717) is 23.8 Å². The Balaban J connectivity index is 1.43. The largest absolute Gasteiger partial charge is 0.416 e. The molecule has 3 rings (SSSR count). The first-order valence-corrected chi connectivity index (χ1v) is 9.41. The molecule has 1 saturated heterocycles. The van der Waals surface area contributed by atoms with Gasteiger partial charge in [0.2, 0.25) is 11.7 Å². The molecule has 0 saturated carbocycles. The van der Waals surface area contributed by atoms with Gasteiger partial charge in [0.15, 0.2) is 0 Å². The third-order valence-corrected chi connectivity index (χ3v) is 4.71. The molecule has 1 aromatic carbocycles. The van der Waals surface area contributed by atoms with Crippen molar-refractivity contribution in [2.45, 2.75) is 25.6 Å². The number of ether oxygens (including phenoxy) is 1. The van der Waals surface area contributed by atoms with E-state index in [0.717, 1.165) is 64.4 Å². The lowest BCUT2D eigenvalue weighted by molar-refractivity contribution is -0.137. The third-order valence-electron chi connectivity index (χ3n) is 4.71. The van der Waals surface area contributed by atoms with Crippen LogP contribution in [0.3, 0.4) is 0 Å². The van der Waals surface area contributed by atoms with Crippen LogP contribution in [0.2, 0.25) is 0 Å². The van der Waals surface area contributed by atoms with Gasteiger partial charge in [-0.1, -0.05) is 17.3 Å². The van der Waals surface area contributed by atoms with Gasteiger partial charge in [-0.25, -0.2) is 0 Å². The molecule has 2 aromatic rings. The van der Waals surface area contributed by atoms with Gasteiger partial charge in [0, 0.05) is 18.7 Å². The van der Waals surface area contributed by atoms with Gasteiger partial charge in [0.05, 0.1) is 25.3 Å². The zero-order valence-corrected chi connectivity index (χ0v) is 15.9. The normalized spacial score (nSPS) is 16.0. The first kappa shape index (κ1) is 20.8. The zero-order valence-electron chi connectivity index (χ0n) is 15.9. The molecule has 6 nitrogen and oxygen atoms in total. The Kier molecular flexibility index (Phi) is 7.03. The minimum absolute atomic E-state index is 0.296. The summed E-state index contributed by atoms with van der Waals surface area (Å²) in [6.07, 6.45) is -2.18. The van der Waals surface area contributed by atoms with Crippen LogP contribution in [-0.4, -0.2) is 66.4 Å². The summed E-state index contributed by atoms with van der Waals surface area (Å²) in [7, 11) is 1.98. The van der Waals surface area contributed by atoms with E-state index >= 15 is 0 Å². The second-order valence-corrected chi connectivity index (χ2v) is 6.99. The number of aromatic nitrogens is 2. The molecular formula is C19H25F3N4O2. The van der Waals surface area contributed by atoms with Crippen molar-refractivity contribution in [2.24, 2.45) is 0 Å². The van der Waals surface area contributed by atoms with Gasteiger partial charge in [-0.15, -0.1) is 0 Å². The maximum Gasteiger partial charge on any atom is 0.416 e. The molecule has 154 valence electrons. The van der Waals surface area contributed by atoms with Gasteiger partial charge in [-0.2, -0.15) is 18.2 Å². The molecule has 2 heterocycles. The van der Waals surface area contributed by atoms with E-state index < -0.39 is 11.7 Å². The quantitative estimate of drug-likeness (QED) is 0.636. The predicted molar refractivity (Wildman–Crippen MR) is 97.6 cm³/mol. The van der Waals surface area contributed by atoms with E-state index in [4.69, 9.17) is 9.26 Å². The lowest BCUT2D eigenvalue weighted by Gasteiger charge is -2.26. The molecule has 0 amide bonds. The van der Waals surface area contributed by atoms with Crippen LogP contribution in [0.4, 0.5) is 13.2 Å². The topological polar surface area (TPSA) is 54.6 Å². The minimum atomic E-state index is -4.36. The Labute approximate surface area is 162 Å². The van der Waals surface area contributed by atoms with Crippen molar-refractivity contribution in [1.82, 2.24) is 19.9 Å². The highest BCUT2D eigenvalue weighted by atomic mass is 19.4. The van der Waals surface area contributed by atoms with Crippen molar-refractivity contribution in [3.8, 4) is 11.4 Å². The molecule has 1 aliphatic rings. The van der Waals surface area contributed by atoms with Gasteiger partial charge in [-0.05, 0) is 45.1 Å². The summed E-state index contributed by atoms with van der Waals surface area (Å²) in [6, 6.07) is 4.75. The number of nitrogens with zero attached hydrogens (tertiary/aromatic N) is 4. The minimum Gasteiger partial charge on any atom is -0.379 e. The van der Waals surface area contributed by atoms with Gasteiger partial charge in [-0.3, -0.25) is 9.80 Å². The van der Waals surface area contributed by atoms with Gasteiger partial charge in [0.1, 0.15) is 0 Å². The number of hydrogen-bond donors (Lipinski definition) is 0. The monoisotopic (exact) mass is 398 g/mol. The Hall–Kier alpha value is -1.97. The first-order chi connectivity index (χ1) is 13.4. The number of halogens is 3. The molecule has 0 N–H and O–H groups in total. The fourth-order valence-electron chi connectivity index (χ4n) is 3.10. The molecule has 0 atom stereocenters. The summed E-state index contributed by atoms with van der Waals surface area (Å²) in [5.41, 5.74) is -0.201. The summed E-state index contributed by atoms with van der Waals surface area (Å²) >= 11 is 0. The van der Waals surface area contributed by atoms with Gasteiger partial charge in [0.25, 0.3) is 0 Å². The second-order valence-electron chi connectivity index (χ2n) is 6.99. The van der Waals surface area contributed by atoms with Crippen LogP contribution < -0.4 is 0 Å². The van der Waals surface area contributed by atoms with Crippen LogP contribution in [-0.2, 0) is 17.5 Å². The molecule has 1 fully saturated rings. The summed E-state index contributed by atoms with van der Waals surface area (Å²) in [5, 5.41) is 3.88. The number of unbranched alkanes of at least 4 members (excludes halogenated alkanes) is 1. The second kappa shape index (κ2) is 9.49. The van der Waals surface area contributed by atoms with Gasteiger partial charge >= 0.3 is 6.18 Å². The average molecular weight is 398 g/mol. The molecule has 1 aromatic heterocycles. The summed E-state index contributed by atoms with van der Waals surface area (Å²) < 4.78 is 48.5. The predicted octanol–water partition coefficient (Wildman–Crippen LogP) is 3.30. The third kappa shape index (κ3) is 6.02. The summed E-state index contributed by atoms with van der Waals surface area (Å²) in [4.78, 5) is 8.81. The first-order valence-electron chi connectivity index (χ1n) is 9.41. The van der Waals surface area contributed by atoms with Crippen molar-refractivity contribution in [1.29, 1.82) is 0 Å². The molecule has 0 bridgehead atoms. The van der Waals surface area contributed by atoms with E-state index in [2.05, 4.69) is 19.9 Å². The van der Waals surface area contributed by atoms with Crippen molar-refractivity contribution >= 4 is 0 Å². The van der Waals surface area contributed by atoms with Crippen molar-refractivity contribution in [2.75, 3.05) is 46.4 Å². The molecule has 0 spiro atoms. The van der Waals surface area contributed by atoms with Crippen molar-refractivity contribution in [3.63, 3.8) is 0 Å². The molecule has 1 aliphatic heterocycles. The van der Waals surface area contributed by atoms with Crippen LogP contribution in [0.5, 0.6) is 0 Å². The Bertz CT molecular complexity index is 728. The number of benzene rings is 1. The maximum atomic E-state index is 12.6. The molecular weight excluding hydrogens is 373 g/mol. The lowest BCUT2D eigenvalue weighted by Crippen LogP contribution is -2.37. The molecule has 28 heavy (non-hydrogen) atoms. The summed E-state index contributed by atoms with van der Waals surface area (Å²) in [6.45, 7) is 6.13. The maximum absolute atomic E-state index is 12.6. The molecule has 0 radical (unpaired) electrons. The number of alkyl halides is 3. The van der Waals surface area contributed by atoms with Crippen molar-refractivity contribution < 1.29 is 22.4 Å². The number of rotatable bonds is 8. The molecule has 0 aliphatic carbocycles. The van der Waals surface area contributed by atoms with Gasteiger partial charge < -0.3 is 9.26 Å². The van der Waals surface area contributed by atoms with Crippen LogP contribution in [0.15, 0.2) is 28.8 Å². The van der Waals surface area contributed by atoms with Crippen LogP contribution in [0.1, 0.15) is 24.3 Å². The smallest absolute Gasteiger partial charge is 0.379 e. The highest BCUT2D eigenvalue weighted by Crippen LogP contribution is 2.30. The zero-order chi connectivity index (χ0) is 20.0. The van der Waals surface area contributed by atoms with E-state index in [1.54, 1.807) is 0 Å². The summed E-state index contributed by atoms with van der Waals surface area (Å²) in [5.74, 6) is 0.745. The Morgan fingerprint density at radius 3 is 2.50 bits per heavy atom. The fourth-order valence-corrected chi connectivity index (χ4v) is 3.10. The van der Waals surface area contributed by atoms with E-state index in [1.807, 2.05) is 7.05 Å². The standard InChI is InChI=1S/C19H25F3N4O2/c1-25(8-2-3-9-26-10-12-27-13-11-26)14-17-23-18(24-28-17)15-4-6-16(7-5-15)19(20,21)22/h4-7H,2-3,8-14H2,1H3. The van der Waals surface area contributed by atoms with Crippen molar-refractivity contribution in [3.05, 3.63) is 35.7 Å². The van der Waals surface area contributed by atoms with E-state index in [1.165, 1.54) is 12.1 Å². The van der Waals surface area contributed by atoms with E-state index in [9.17, 15) is 13.2 Å². The van der Waals surface area contributed by atoms with E-state index in [-0.39, 0.29) is 0 Å². The average Bonchev–Trinajstić information content (AvgIpc) is 3.14. The highest BCUT2D eigenvalue weighted by Gasteiger charge is 2.30. The van der Waals surface area contributed by atoms with Crippen LogP contribution in [0.25, 0.3) is 11.4 Å². The highest BCUT2D eigenvalue weighted by molar-refractivity contribution is 5.54. The Morgan fingerprint density at radius 1 is 1.11 bits per heavy atom. The van der Waals surface area contributed by atoms with Crippen LogP contribution >= 0.6 is 0 Å². The SMILES string of the molecule is CN(CCCCN1CCOCC1)Cc1nc(-c2ccc(C(F)(F)F)cc2)no1. The number of hydrogen-bond acceptors (Lipinski definition) is 6. The van der Waals surface area contributed by atoms with Crippen LogP contribution in [0, 0.1) is 0 Å². The fraction of sp³-hybridized carbons (Fsp3) is 0.579. The Morgan fingerprint density at radius 2 is 1.82 bits per heavy atom. The number of morpholine rings is 1.